The Balaban J connectivity index is 1.63. The summed E-state index contributed by atoms with van der Waals surface area (Å²) in [6.07, 6.45) is 3.79. The number of fused-ring (bicyclic) bond motifs is 1. The number of nitrogens with zero attached hydrogens (tertiary/aromatic N) is 2. The summed E-state index contributed by atoms with van der Waals surface area (Å²) >= 11 is 0. The molecule has 0 spiro atoms. The first-order valence-electron chi connectivity index (χ1n) is 7.17. The molecule has 0 radical (unpaired) electrons. The van der Waals surface area contributed by atoms with Crippen LogP contribution < -0.4 is 14.8 Å². The maximum absolute atomic E-state index is 12.0. The number of nitrogens with one attached hydrogen (secondary N) is 1. The fraction of sp³-hybridized carbons (Fsp3) is 0.176. The molecule has 0 unspecified atom stereocenters. The number of aryl methyl sites for hydroxylation is 1. The number of hydrogen-bond acceptors (Lipinski definition) is 4. The number of rotatable bonds is 5. The molecule has 0 saturated carbocycles. The van der Waals surface area contributed by atoms with Crippen LogP contribution in [0.5, 0.6) is 11.5 Å². The van der Waals surface area contributed by atoms with Gasteiger partial charge in [0, 0.05) is 18.1 Å². The lowest BCUT2D eigenvalue weighted by Gasteiger charge is -2.08. The highest BCUT2D eigenvalue weighted by molar-refractivity contribution is 5.92. The minimum absolute atomic E-state index is 0.0857. The molecule has 23 heavy (non-hydrogen) atoms. The summed E-state index contributed by atoms with van der Waals surface area (Å²) in [5, 5.41) is 2.77. The van der Waals surface area contributed by atoms with Crippen molar-refractivity contribution in [2.24, 2.45) is 0 Å². The Kier molecular flexibility index (Phi) is 4.14. The molecule has 2 heterocycles. The predicted molar refractivity (Wildman–Crippen MR) is 87.0 cm³/mol. The van der Waals surface area contributed by atoms with Crippen molar-refractivity contribution in [1.82, 2.24) is 9.38 Å². The van der Waals surface area contributed by atoms with Gasteiger partial charge >= 0.3 is 0 Å². The van der Waals surface area contributed by atoms with Gasteiger partial charge in [-0.3, -0.25) is 4.79 Å². The summed E-state index contributed by atoms with van der Waals surface area (Å²) in [6, 6.07) is 10.8. The van der Waals surface area contributed by atoms with Gasteiger partial charge in [-0.15, -0.1) is 0 Å². The number of amides is 1. The average Bonchev–Trinajstić information content (AvgIpc) is 2.94. The topological polar surface area (TPSA) is 64.9 Å². The highest BCUT2D eigenvalue weighted by Crippen LogP contribution is 2.19. The molecule has 0 atom stereocenters. The molecule has 0 aliphatic heterocycles. The van der Waals surface area contributed by atoms with Gasteiger partial charge in [0.1, 0.15) is 5.75 Å². The first kappa shape index (κ1) is 14.9. The van der Waals surface area contributed by atoms with Gasteiger partial charge < -0.3 is 19.2 Å². The number of carbonyl (C=O) groups is 1. The van der Waals surface area contributed by atoms with Gasteiger partial charge in [-0.05, 0) is 43.3 Å². The van der Waals surface area contributed by atoms with Crippen molar-refractivity contribution in [3.05, 3.63) is 54.5 Å². The van der Waals surface area contributed by atoms with E-state index in [0.29, 0.717) is 17.1 Å². The maximum Gasteiger partial charge on any atom is 0.262 e. The molecule has 0 saturated heterocycles. The molecular weight excluding hydrogens is 294 g/mol. The van der Waals surface area contributed by atoms with E-state index in [4.69, 9.17) is 9.47 Å². The number of methoxy groups -OCH3 is 1. The van der Waals surface area contributed by atoms with Crippen LogP contribution >= 0.6 is 0 Å². The SMILES string of the molecule is COc1ccc(NC(=O)COc2cccn3cc(C)nc23)cc1. The van der Waals surface area contributed by atoms with Crippen LogP contribution in [0, 0.1) is 6.92 Å². The van der Waals surface area contributed by atoms with E-state index in [1.54, 1.807) is 37.4 Å². The van der Waals surface area contributed by atoms with E-state index in [1.807, 2.05) is 29.8 Å². The molecule has 118 valence electrons. The van der Waals surface area contributed by atoms with E-state index >= 15 is 0 Å². The van der Waals surface area contributed by atoms with Gasteiger partial charge in [0.2, 0.25) is 0 Å². The Bertz CT molecular complexity index is 825. The van der Waals surface area contributed by atoms with E-state index in [0.717, 1.165) is 11.4 Å². The number of aromatic nitrogens is 2. The summed E-state index contributed by atoms with van der Waals surface area (Å²) in [7, 11) is 1.60. The number of hydrogen-bond donors (Lipinski definition) is 1. The molecular formula is C17H17N3O3. The monoisotopic (exact) mass is 311 g/mol. The Morgan fingerprint density at radius 1 is 1.26 bits per heavy atom. The van der Waals surface area contributed by atoms with Crippen LogP contribution in [0.15, 0.2) is 48.8 Å². The van der Waals surface area contributed by atoms with E-state index < -0.39 is 0 Å². The van der Waals surface area contributed by atoms with Crippen LogP contribution in [-0.2, 0) is 4.79 Å². The van der Waals surface area contributed by atoms with Crippen molar-refractivity contribution in [2.75, 3.05) is 19.0 Å². The van der Waals surface area contributed by atoms with Crippen molar-refractivity contribution in [2.45, 2.75) is 6.92 Å². The predicted octanol–water partition coefficient (Wildman–Crippen LogP) is 2.67. The van der Waals surface area contributed by atoms with Crippen molar-refractivity contribution >= 4 is 17.2 Å². The zero-order valence-corrected chi connectivity index (χ0v) is 12.9. The van der Waals surface area contributed by atoms with E-state index in [1.165, 1.54) is 0 Å². The van der Waals surface area contributed by atoms with Gasteiger partial charge in [0.05, 0.1) is 12.8 Å². The smallest absolute Gasteiger partial charge is 0.262 e. The first-order valence-corrected chi connectivity index (χ1v) is 7.17. The second-order valence-electron chi connectivity index (χ2n) is 5.05. The summed E-state index contributed by atoms with van der Waals surface area (Å²) in [5.74, 6) is 1.08. The second-order valence-corrected chi connectivity index (χ2v) is 5.05. The van der Waals surface area contributed by atoms with Gasteiger partial charge in [-0.25, -0.2) is 4.98 Å². The Morgan fingerprint density at radius 3 is 2.78 bits per heavy atom. The molecule has 1 aromatic carbocycles. The third-order valence-electron chi connectivity index (χ3n) is 3.30. The highest BCUT2D eigenvalue weighted by Gasteiger charge is 2.08. The standard InChI is InChI=1S/C17H17N3O3/c1-12-10-20-9-3-4-15(17(20)18-12)23-11-16(21)19-13-5-7-14(22-2)8-6-13/h3-10H,11H2,1-2H3,(H,19,21). The lowest BCUT2D eigenvalue weighted by molar-refractivity contribution is -0.118. The second kappa shape index (κ2) is 6.39. The third-order valence-corrected chi connectivity index (χ3v) is 3.30. The lowest BCUT2D eigenvalue weighted by Crippen LogP contribution is -2.20. The minimum Gasteiger partial charge on any atom is -0.497 e. The van der Waals surface area contributed by atoms with Crippen LogP contribution in [0.1, 0.15) is 5.69 Å². The summed E-state index contributed by atoms with van der Waals surface area (Å²) in [6.45, 7) is 1.82. The summed E-state index contributed by atoms with van der Waals surface area (Å²) in [5.41, 5.74) is 2.28. The van der Waals surface area contributed by atoms with Crippen molar-refractivity contribution < 1.29 is 14.3 Å². The highest BCUT2D eigenvalue weighted by atomic mass is 16.5. The number of ether oxygens (including phenoxy) is 2. The van der Waals surface area contributed by atoms with Crippen LogP contribution in [0.25, 0.3) is 5.65 Å². The Morgan fingerprint density at radius 2 is 2.04 bits per heavy atom. The number of carbonyl (C=O) groups excluding carboxylic acids is 1. The molecule has 0 aliphatic carbocycles. The van der Waals surface area contributed by atoms with Crippen molar-refractivity contribution in [1.29, 1.82) is 0 Å². The average molecular weight is 311 g/mol. The number of pyridine rings is 1. The maximum atomic E-state index is 12.0. The van der Waals surface area contributed by atoms with E-state index in [-0.39, 0.29) is 12.5 Å². The molecule has 3 aromatic rings. The molecule has 1 amide bonds. The zero-order chi connectivity index (χ0) is 16.2. The molecule has 0 fully saturated rings. The Labute approximate surface area is 133 Å². The van der Waals surface area contributed by atoms with Gasteiger partial charge in [0.25, 0.3) is 5.91 Å². The van der Waals surface area contributed by atoms with Crippen molar-refractivity contribution in [3.8, 4) is 11.5 Å². The number of anilines is 1. The summed E-state index contributed by atoms with van der Waals surface area (Å²) < 4.78 is 12.5. The van der Waals surface area contributed by atoms with E-state index in [9.17, 15) is 4.79 Å². The largest absolute Gasteiger partial charge is 0.497 e. The lowest BCUT2D eigenvalue weighted by atomic mass is 10.3. The van der Waals surface area contributed by atoms with Crippen molar-refractivity contribution in [3.63, 3.8) is 0 Å². The molecule has 0 aliphatic rings. The fourth-order valence-electron chi connectivity index (χ4n) is 2.24. The quantitative estimate of drug-likeness (QED) is 0.787. The van der Waals surface area contributed by atoms with Crippen LogP contribution in [0.2, 0.25) is 0 Å². The number of imidazole rings is 1. The first-order chi connectivity index (χ1) is 11.2. The fourth-order valence-corrected chi connectivity index (χ4v) is 2.24. The van der Waals surface area contributed by atoms with E-state index in [2.05, 4.69) is 10.3 Å². The third kappa shape index (κ3) is 3.42. The van der Waals surface area contributed by atoms with Gasteiger partial charge in [-0.2, -0.15) is 0 Å². The van der Waals surface area contributed by atoms with Crippen LogP contribution in [0.4, 0.5) is 5.69 Å². The Hall–Kier alpha value is -3.02. The zero-order valence-electron chi connectivity index (χ0n) is 12.9. The van der Waals surface area contributed by atoms with Gasteiger partial charge in [-0.1, -0.05) is 0 Å². The summed E-state index contributed by atoms with van der Waals surface area (Å²) in [4.78, 5) is 16.4. The molecule has 6 nitrogen and oxygen atoms in total. The minimum atomic E-state index is -0.236. The molecule has 6 heteroatoms. The molecule has 3 rings (SSSR count). The molecule has 2 aromatic heterocycles. The molecule has 1 N–H and O–H groups in total. The van der Waals surface area contributed by atoms with Crippen LogP contribution in [-0.4, -0.2) is 29.0 Å². The van der Waals surface area contributed by atoms with Crippen LogP contribution in [0.3, 0.4) is 0 Å². The molecule has 0 bridgehead atoms. The number of benzene rings is 1. The normalized spacial score (nSPS) is 10.5. The van der Waals surface area contributed by atoms with Gasteiger partial charge in [0.15, 0.2) is 18.0 Å².